The van der Waals surface area contributed by atoms with Gasteiger partial charge in [0, 0.05) is 7.11 Å². The predicted molar refractivity (Wildman–Crippen MR) is 54.6 cm³/mol. The van der Waals surface area contributed by atoms with Gasteiger partial charge in [-0.15, -0.1) is 0 Å². The van der Waals surface area contributed by atoms with Crippen molar-refractivity contribution in [2.24, 2.45) is 0 Å². The lowest BCUT2D eigenvalue weighted by atomic mass is 10.0. The second-order valence-electron chi connectivity index (χ2n) is 3.64. The van der Waals surface area contributed by atoms with E-state index in [0.717, 1.165) is 0 Å². The molecule has 1 aromatic carbocycles. The van der Waals surface area contributed by atoms with Crippen LogP contribution in [-0.4, -0.2) is 7.11 Å². The average molecular weight is 174 g/mol. The van der Waals surface area contributed by atoms with Crippen LogP contribution < -0.4 is 0 Å². The standard InChI is InChI=1S/C12H14O/c1-8-4-5-11-10(6-8)7-9(2)12(11)13-3/h4-7,12H,1-3H3. The molecule has 1 heteroatoms. The molecular formula is C12H14O. The number of hydrogen-bond acceptors (Lipinski definition) is 1. The highest BCUT2D eigenvalue weighted by atomic mass is 16.5. The van der Waals surface area contributed by atoms with Gasteiger partial charge in [0.15, 0.2) is 0 Å². The highest BCUT2D eigenvalue weighted by molar-refractivity contribution is 5.65. The highest BCUT2D eigenvalue weighted by Crippen LogP contribution is 2.36. The molecule has 0 amide bonds. The maximum absolute atomic E-state index is 5.42. The van der Waals surface area contributed by atoms with Crippen LogP contribution in [0.3, 0.4) is 0 Å². The number of aryl methyl sites for hydroxylation is 1. The van der Waals surface area contributed by atoms with E-state index in [-0.39, 0.29) is 6.10 Å². The van der Waals surface area contributed by atoms with E-state index in [2.05, 4.69) is 38.1 Å². The number of methoxy groups -OCH3 is 1. The first-order valence-corrected chi connectivity index (χ1v) is 4.54. The van der Waals surface area contributed by atoms with E-state index in [0.29, 0.717) is 0 Å². The van der Waals surface area contributed by atoms with Crippen molar-refractivity contribution in [3.63, 3.8) is 0 Å². The van der Waals surface area contributed by atoms with E-state index < -0.39 is 0 Å². The summed E-state index contributed by atoms with van der Waals surface area (Å²) in [6.07, 6.45) is 2.38. The Morgan fingerprint density at radius 3 is 2.69 bits per heavy atom. The van der Waals surface area contributed by atoms with Gasteiger partial charge in [-0.1, -0.05) is 29.8 Å². The van der Waals surface area contributed by atoms with Gasteiger partial charge in [0.1, 0.15) is 6.10 Å². The van der Waals surface area contributed by atoms with Crippen molar-refractivity contribution < 1.29 is 4.74 Å². The Labute approximate surface area is 79.0 Å². The summed E-state index contributed by atoms with van der Waals surface area (Å²) in [5.41, 5.74) is 5.21. The first-order chi connectivity index (χ1) is 6.22. The van der Waals surface area contributed by atoms with E-state index in [1.54, 1.807) is 7.11 Å². The van der Waals surface area contributed by atoms with Crippen LogP contribution >= 0.6 is 0 Å². The zero-order valence-corrected chi connectivity index (χ0v) is 8.29. The first-order valence-electron chi connectivity index (χ1n) is 4.54. The molecule has 0 aliphatic heterocycles. The monoisotopic (exact) mass is 174 g/mol. The van der Waals surface area contributed by atoms with Crippen molar-refractivity contribution in [2.75, 3.05) is 7.11 Å². The van der Waals surface area contributed by atoms with E-state index in [9.17, 15) is 0 Å². The smallest absolute Gasteiger partial charge is 0.104 e. The molecule has 1 nitrogen and oxygen atoms in total. The summed E-state index contributed by atoms with van der Waals surface area (Å²) >= 11 is 0. The molecule has 0 saturated carbocycles. The van der Waals surface area contributed by atoms with Crippen LogP contribution in [0.15, 0.2) is 23.8 Å². The van der Waals surface area contributed by atoms with Crippen molar-refractivity contribution in [1.29, 1.82) is 0 Å². The normalized spacial score (nSPS) is 19.9. The highest BCUT2D eigenvalue weighted by Gasteiger charge is 2.21. The van der Waals surface area contributed by atoms with Crippen LogP contribution in [-0.2, 0) is 4.74 Å². The van der Waals surface area contributed by atoms with Gasteiger partial charge in [0.2, 0.25) is 0 Å². The topological polar surface area (TPSA) is 9.23 Å². The van der Waals surface area contributed by atoms with E-state index in [1.807, 2.05) is 0 Å². The van der Waals surface area contributed by atoms with Gasteiger partial charge in [0.05, 0.1) is 0 Å². The molecule has 1 aromatic rings. The van der Waals surface area contributed by atoms with Crippen molar-refractivity contribution in [1.82, 2.24) is 0 Å². The Hall–Kier alpha value is -1.08. The van der Waals surface area contributed by atoms with Crippen LogP contribution in [0, 0.1) is 6.92 Å². The summed E-state index contributed by atoms with van der Waals surface area (Å²) in [5, 5.41) is 0. The van der Waals surface area contributed by atoms with Crippen molar-refractivity contribution >= 4 is 6.08 Å². The maximum atomic E-state index is 5.42. The minimum atomic E-state index is 0.176. The number of hydrogen-bond donors (Lipinski definition) is 0. The van der Waals surface area contributed by atoms with Gasteiger partial charge >= 0.3 is 0 Å². The molecule has 0 heterocycles. The molecule has 0 aromatic heterocycles. The van der Waals surface area contributed by atoms with Crippen LogP contribution in [0.1, 0.15) is 29.7 Å². The van der Waals surface area contributed by atoms with E-state index >= 15 is 0 Å². The fourth-order valence-corrected chi connectivity index (χ4v) is 1.94. The number of ether oxygens (including phenoxy) is 1. The van der Waals surface area contributed by atoms with Crippen LogP contribution in [0.2, 0.25) is 0 Å². The fourth-order valence-electron chi connectivity index (χ4n) is 1.94. The molecule has 1 aliphatic carbocycles. The summed E-state index contributed by atoms with van der Waals surface area (Å²) in [7, 11) is 1.76. The molecule has 13 heavy (non-hydrogen) atoms. The first kappa shape index (κ1) is 8.52. The van der Waals surface area contributed by atoms with Gasteiger partial charge in [0.25, 0.3) is 0 Å². The molecule has 0 bridgehead atoms. The van der Waals surface area contributed by atoms with E-state index in [4.69, 9.17) is 4.74 Å². The zero-order valence-electron chi connectivity index (χ0n) is 8.29. The third-order valence-electron chi connectivity index (χ3n) is 2.56. The third-order valence-corrected chi connectivity index (χ3v) is 2.56. The zero-order chi connectivity index (χ0) is 9.42. The summed E-state index contributed by atoms with van der Waals surface area (Å²) < 4.78 is 5.42. The molecule has 1 atom stereocenters. The van der Waals surface area contributed by atoms with Gasteiger partial charge in [-0.3, -0.25) is 0 Å². The number of fused-ring (bicyclic) bond motifs is 1. The molecule has 0 spiro atoms. The second-order valence-corrected chi connectivity index (χ2v) is 3.64. The Morgan fingerprint density at radius 2 is 2.00 bits per heavy atom. The maximum Gasteiger partial charge on any atom is 0.104 e. The summed E-state index contributed by atoms with van der Waals surface area (Å²) in [6.45, 7) is 4.23. The lowest BCUT2D eigenvalue weighted by Crippen LogP contribution is -1.98. The second kappa shape index (κ2) is 3.00. The molecule has 1 aliphatic rings. The summed E-state index contributed by atoms with van der Waals surface area (Å²) in [5.74, 6) is 0. The molecule has 0 radical (unpaired) electrons. The minimum absolute atomic E-state index is 0.176. The largest absolute Gasteiger partial charge is 0.372 e. The van der Waals surface area contributed by atoms with Gasteiger partial charge in [-0.05, 0) is 30.5 Å². The van der Waals surface area contributed by atoms with Crippen LogP contribution in [0.4, 0.5) is 0 Å². The molecule has 0 saturated heterocycles. The molecular weight excluding hydrogens is 160 g/mol. The Morgan fingerprint density at radius 1 is 1.23 bits per heavy atom. The van der Waals surface area contributed by atoms with Gasteiger partial charge in [-0.2, -0.15) is 0 Å². The fraction of sp³-hybridized carbons (Fsp3) is 0.333. The number of rotatable bonds is 1. The summed E-state index contributed by atoms with van der Waals surface area (Å²) in [6, 6.07) is 6.50. The van der Waals surface area contributed by atoms with Gasteiger partial charge in [-0.25, -0.2) is 0 Å². The Kier molecular flexibility index (Phi) is 1.97. The third kappa shape index (κ3) is 1.29. The Bertz CT molecular complexity index is 363. The van der Waals surface area contributed by atoms with Crippen LogP contribution in [0.25, 0.3) is 6.08 Å². The van der Waals surface area contributed by atoms with E-state index in [1.165, 1.54) is 22.3 Å². The molecule has 2 rings (SSSR count). The SMILES string of the molecule is COC1C(C)=Cc2cc(C)ccc21. The molecule has 0 fully saturated rings. The van der Waals surface area contributed by atoms with Gasteiger partial charge < -0.3 is 4.74 Å². The predicted octanol–water partition coefficient (Wildman–Crippen LogP) is 3.10. The molecule has 68 valence electrons. The lowest BCUT2D eigenvalue weighted by molar-refractivity contribution is 0.136. The summed E-state index contributed by atoms with van der Waals surface area (Å²) in [4.78, 5) is 0. The number of benzene rings is 1. The average Bonchev–Trinajstić information content (AvgIpc) is 2.39. The molecule has 0 N–H and O–H groups in total. The van der Waals surface area contributed by atoms with Crippen molar-refractivity contribution in [3.05, 3.63) is 40.5 Å². The van der Waals surface area contributed by atoms with Crippen molar-refractivity contribution in [3.8, 4) is 0 Å². The Balaban J connectivity index is 2.51. The lowest BCUT2D eigenvalue weighted by Gasteiger charge is -2.11. The minimum Gasteiger partial charge on any atom is -0.372 e. The van der Waals surface area contributed by atoms with Crippen LogP contribution in [0.5, 0.6) is 0 Å². The quantitative estimate of drug-likeness (QED) is 0.635. The molecule has 1 unspecified atom stereocenters. The van der Waals surface area contributed by atoms with Crippen molar-refractivity contribution in [2.45, 2.75) is 20.0 Å².